The fourth-order valence-corrected chi connectivity index (χ4v) is 5.77. The number of esters is 1. The molecular weight excluding hydrogens is 582 g/mol. The summed E-state index contributed by atoms with van der Waals surface area (Å²) in [5.74, 6) is -0.0512. The number of allylic oxidation sites excluding steroid dienone is 3. The van der Waals surface area contributed by atoms with Gasteiger partial charge in [0, 0.05) is 36.4 Å². The van der Waals surface area contributed by atoms with Crippen molar-refractivity contribution < 1.29 is 38.4 Å². The molecule has 0 fully saturated rings. The van der Waals surface area contributed by atoms with E-state index < -0.39 is 11.9 Å². The van der Waals surface area contributed by atoms with Crippen LogP contribution < -0.4 is 19.5 Å². The Morgan fingerprint density at radius 2 is 1.75 bits per heavy atom. The Balaban J connectivity index is 1.81. The number of aromatic hydroxyl groups is 1. The van der Waals surface area contributed by atoms with Crippen molar-refractivity contribution in [2.45, 2.75) is 38.5 Å². The van der Waals surface area contributed by atoms with E-state index in [4.69, 9.17) is 23.7 Å². The van der Waals surface area contributed by atoms with Crippen LogP contribution in [0, 0.1) is 0 Å². The fraction of sp³-hybridized carbons (Fsp3) is 0.400. The first-order valence-electron chi connectivity index (χ1n) is 13.0. The van der Waals surface area contributed by atoms with Gasteiger partial charge in [-0.15, -0.1) is 0 Å². The lowest BCUT2D eigenvalue weighted by Crippen LogP contribution is -2.36. The van der Waals surface area contributed by atoms with Crippen LogP contribution in [0.4, 0.5) is 0 Å². The summed E-state index contributed by atoms with van der Waals surface area (Å²) in [4.78, 5) is 27.3. The van der Waals surface area contributed by atoms with E-state index in [2.05, 4.69) is 21.2 Å². The maximum atomic E-state index is 13.9. The summed E-state index contributed by atoms with van der Waals surface area (Å²) in [6.07, 6.45) is 0.795. The number of benzene rings is 2. The minimum atomic E-state index is -0.721. The predicted octanol–water partition coefficient (Wildman–Crippen LogP) is 5.12. The molecule has 0 unspecified atom stereocenters. The van der Waals surface area contributed by atoms with E-state index in [1.165, 1.54) is 7.11 Å². The first kappa shape index (κ1) is 29.5. The van der Waals surface area contributed by atoms with Crippen molar-refractivity contribution in [3.8, 4) is 23.0 Å². The molecule has 0 spiro atoms. The molecule has 1 aliphatic heterocycles. The van der Waals surface area contributed by atoms with Gasteiger partial charge in [0.1, 0.15) is 6.61 Å². The Morgan fingerprint density at radius 3 is 2.42 bits per heavy atom. The quantitative estimate of drug-likeness (QED) is 0.278. The number of phenols is 1. The molecule has 0 bridgehead atoms. The van der Waals surface area contributed by atoms with Gasteiger partial charge in [0.05, 0.1) is 37.5 Å². The van der Waals surface area contributed by atoms with Crippen LogP contribution in [0.3, 0.4) is 0 Å². The Hall–Kier alpha value is -3.50. The number of Topliss-reactive ketones (excluding diaryl/α,β-unsaturated/α-hetero) is 1. The molecule has 2 aromatic rings. The van der Waals surface area contributed by atoms with Crippen LogP contribution in [0.5, 0.6) is 23.0 Å². The minimum Gasteiger partial charge on any atom is -0.503 e. The smallest absolute Gasteiger partial charge is 0.336 e. The van der Waals surface area contributed by atoms with Crippen LogP contribution >= 0.6 is 15.9 Å². The number of dihydropyridines is 1. The number of hydrogen-bond acceptors (Lipinski definition) is 9. The molecule has 2 aromatic carbocycles. The normalized spacial score (nSPS) is 18.7. The average Bonchev–Trinajstić information content (AvgIpc) is 2.94. The summed E-state index contributed by atoms with van der Waals surface area (Å²) in [6.45, 7) is 4.26. The number of carbonyl (C=O) groups excluding carboxylic acids is 2. The fourth-order valence-electron chi connectivity index (χ4n) is 5.31. The van der Waals surface area contributed by atoms with E-state index in [0.717, 1.165) is 11.3 Å². The molecule has 4 rings (SSSR count). The van der Waals surface area contributed by atoms with Crippen molar-refractivity contribution in [3.63, 3.8) is 0 Å². The Bertz CT molecular complexity index is 1370. The van der Waals surface area contributed by atoms with Crippen molar-refractivity contribution >= 4 is 27.7 Å². The summed E-state index contributed by atoms with van der Waals surface area (Å²) in [5, 5.41) is 13.9. The van der Waals surface area contributed by atoms with Gasteiger partial charge in [-0.2, -0.15) is 0 Å². The molecule has 2 atom stereocenters. The summed E-state index contributed by atoms with van der Waals surface area (Å²) in [6, 6.07) is 9.06. The average molecular weight is 617 g/mol. The van der Waals surface area contributed by atoms with E-state index in [-0.39, 0.29) is 42.8 Å². The van der Waals surface area contributed by atoms with Gasteiger partial charge in [-0.1, -0.05) is 6.07 Å². The highest BCUT2D eigenvalue weighted by atomic mass is 79.9. The highest BCUT2D eigenvalue weighted by Crippen LogP contribution is 2.48. The van der Waals surface area contributed by atoms with Crippen LogP contribution in [-0.4, -0.2) is 58.0 Å². The second-order valence-corrected chi connectivity index (χ2v) is 10.4. The number of methoxy groups -OCH3 is 3. The molecule has 0 saturated heterocycles. The first-order chi connectivity index (χ1) is 19.2. The van der Waals surface area contributed by atoms with Gasteiger partial charge in [0.2, 0.25) is 0 Å². The third kappa shape index (κ3) is 5.83. The monoisotopic (exact) mass is 615 g/mol. The molecule has 1 heterocycles. The highest BCUT2D eigenvalue weighted by Gasteiger charge is 2.42. The second-order valence-electron chi connectivity index (χ2n) is 9.54. The molecule has 0 radical (unpaired) electrons. The molecule has 0 aromatic heterocycles. The molecule has 1 aliphatic carbocycles. The molecule has 214 valence electrons. The summed E-state index contributed by atoms with van der Waals surface area (Å²) in [5.41, 5.74) is 3.74. The molecule has 0 amide bonds. The predicted molar refractivity (Wildman–Crippen MR) is 152 cm³/mol. The maximum absolute atomic E-state index is 13.9. The van der Waals surface area contributed by atoms with Crippen LogP contribution in [0.2, 0.25) is 0 Å². The van der Waals surface area contributed by atoms with Crippen molar-refractivity contribution in [1.82, 2.24) is 5.32 Å². The number of halogens is 1. The number of nitrogens with one attached hydrogen (secondary N) is 1. The zero-order chi connectivity index (χ0) is 29.0. The summed E-state index contributed by atoms with van der Waals surface area (Å²) in [7, 11) is 4.69. The van der Waals surface area contributed by atoms with Crippen molar-refractivity contribution in [2.24, 2.45) is 0 Å². The van der Waals surface area contributed by atoms with Gasteiger partial charge in [-0.3, -0.25) is 4.79 Å². The van der Waals surface area contributed by atoms with Crippen LogP contribution in [0.15, 0.2) is 57.3 Å². The van der Waals surface area contributed by atoms with E-state index in [1.807, 2.05) is 25.1 Å². The van der Waals surface area contributed by atoms with Crippen molar-refractivity contribution in [2.75, 3.05) is 41.2 Å². The Kier molecular flexibility index (Phi) is 9.42. The van der Waals surface area contributed by atoms with Gasteiger partial charge in [0.15, 0.2) is 28.8 Å². The highest BCUT2D eigenvalue weighted by molar-refractivity contribution is 9.10. The van der Waals surface area contributed by atoms with Gasteiger partial charge < -0.3 is 34.1 Å². The summed E-state index contributed by atoms with van der Waals surface area (Å²) < 4.78 is 27.5. The lowest BCUT2D eigenvalue weighted by atomic mass is 9.71. The van der Waals surface area contributed by atoms with E-state index in [0.29, 0.717) is 51.4 Å². The molecule has 9 nitrogen and oxygen atoms in total. The van der Waals surface area contributed by atoms with Crippen LogP contribution in [-0.2, 0) is 19.1 Å². The van der Waals surface area contributed by atoms with E-state index >= 15 is 0 Å². The number of ether oxygens (including phenoxy) is 5. The zero-order valence-corrected chi connectivity index (χ0v) is 24.8. The molecule has 2 N–H and O–H groups in total. The van der Waals surface area contributed by atoms with Gasteiger partial charge in [-0.05, 0) is 77.5 Å². The van der Waals surface area contributed by atoms with Crippen LogP contribution in [0.25, 0.3) is 0 Å². The third-order valence-corrected chi connectivity index (χ3v) is 7.74. The standard InChI is InChI=1S/C30H34BrNO8/c1-6-39-25-15-19(11-20(31)29(25)34)27-26(30(35)40-10-9-36-3)16(2)32-21-12-18(13-22(33)28(21)27)17-7-8-23(37-4)24(14-17)38-5/h7-8,11,14-15,18,27,32,34H,6,9-10,12-13H2,1-5H3/t18-,27-/m1/s1. The number of phenolic OH excluding ortho intramolecular Hbond substituents is 1. The number of carbonyl (C=O) groups is 2. The SMILES string of the molecule is CCOc1cc([C@@H]2C(C(=O)OCCOC)=C(C)NC3=C2C(=O)C[C@H](c2ccc(OC)c(OC)c2)C3)cc(Br)c1O. The maximum Gasteiger partial charge on any atom is 0.336 e. The summed E-state index contributed by atoms with van der Waals surface area (Å²) >= 11 is 3.41. The topological polar surface area (TPSA) is 113 Å². The Labute approximate surface area is 242 Å². The van der Waals surface area contributed by atoms with Crippen molar-refractivity contribution in [1.29, 1.82) is 0 Å². The minimum absolute atomic E-state index is 0.0536. The van der Waals surface area contributed by atoms with Crippen molar-refractivity contribution in [3.05, 3.63) is 68.5 Å². The molecule has 40 heavy (non-hydrogen) atoms. The molecule has 0 saturated carbocycles. The first-order valence-corrected chi connectivity index (χ1v) is 13.8. The Morgan fingerprint density at radius 1 is 1.02 bits per heavy atom. The van der Waals surface area contributed by atoms with E-state index in [9.17, 15) is 14.7 Å². The van der Waals surface area contributed by atoms with Crippen LogP contribution in [0.1, 0.15) is 49.7 Å². The molecule has 10 heteroatoms. The van der Waals surface area contributed by atoms with Gasteiger partial charge >= 0.3 is 5.97 Å². The number of hydrogen-bond donors (Lipinski definition) is 2. The third-order valence-electron chi connectivity index (χ3n) is 7.13. The zero-order valence-electron chi connectivity index (χ0n) is 23.3. The molecular formula is C30H34BrNO8. The lowest BCUT2D eigenvalue weighted by Gasteiger charge is -2.37. The number of ketones is 1. The molecule has 2 aliphatic rings. The second kappa shape index (κ2) is 12.8. The van der Waals surface area contributed by atoms with E-state index in [1.54, 1.807) is 33.3 Å². The largest absolute Gasteiger partial charge is 0.503 e. The number of rotatable bonds is 10. The van der Waals surface area contributed by atoms with Gasteiger partial charge in [-0.25, -0.2) is 4.79 Å². The lowest BCUT2D eigenvalue weighted by molar-refractivity contribution is -0.140. The van der Waals surface area contributed by atoms with Gasteiger partial charge in [0.25, 0.3) is 0 Å².